The zero-order valence-corrected chi connectivity index (χ0v) is 26.5. The van der Waals surface area contributed by atoms with Gasteiger partial charge in [0.25, 0.3) is 0 Å². The minimum Gasteiger partial charge on any atom is -0.511 e. The highest BCUT2D eigenvalue weighted by Gasteiger charge is 2.47. The molecule has 0 amide bonds. The summed E-state index contributed by atoms with van der Waals surface area (Å²) in [5, 5.41) is 45.5. The number of allylic oxidation sites excluding steroid dienone is 7. The third-order valence-electron chi connectivity index (χ3n) is 8.02. The number of benzene rings is 1. The van der Waals surface area contributed by atoms with E-state index in [9.17, 15) is 34.8 Å². The smallest absolute Gasteiger partial charge is 0.183 e. The minimum absolute atomic E-state index is 0.0458. The van der Waals surface area contributed by atoms with Gasteiger partial charge in [-0.3, -0.25) is 14.4 Å². The molecule has 8 heteroatoms. The zero-order valence-electron chi connectivity index (χ0n) is 26.5. The summed E-state index contributed by atoms with van der Waals surface area (Å²) in [5.74, 6) is -3.90. The third kappa shape index (κ3) is 6.63. The molecule has 3 rings (SSSR count). The van der Waals surface area contributed by atoms with E-state index in [1.807, 2.05) is 33.8 Å². The monoisotopic (exact) mass is 592 g/mol. The van der Waals surface area contributed by atoms with Crippen LogP contribution in [0.15, 0.2) is 52.0 Å². The molecule has 1 aliphatic carbocycles. The molecule has 1 heterocycles. The molecule has 0 fully saturated rings. The number of carbonyl (C=O) groups is 3. The van der Waals surface area contributed by atoms with E-state index in [1.54, 1.807) is 26.0 Å². The second-order valence-electron chi connectivity index (χ2n) is 12.5. The number of aliphatic hydroxyl groups is 2. The van der Waals surface area contributed by atoms with Crippen LogP contribution in [0.5, 0.6) is 17.2 Å². The molecule has 2 aliphatic rings. The van der Waals surface area contributed by atoms with Crippen molar-refractivity contribution < 1.29 is 39.5 Å². The Morgan fingerprint density at radius 2 is 1.60 bits per heavy atom. The molecule has 8 nitrogen and oxygen atoms in total. The van der Waals surface area contributed by atoms with Gasteiger partial charge in [-0.1, -0.05) is 30.2 Å². The number of carbonyl (C=O) groups excluding carboxylic acids is 3. The van der Waals surface area contributed by atoms with Gasteiger partial charge < -0.3 is 25.2 Å². The quantitative estimate of drug-likeness (QED) is 0.116. The van der Waals surface area contributed by atoms with Crippen molar-refractivity contribution in [3.05, 3.63) is 68.7 Å². The summed E-state index contributed by atoms with van der Waals surface area (Å²) in [6.45, 7) is 14.0. The predicted molar refractivity (Wildman–Crippen MR) is 167 cm³/mol. The van der Waals surface area contributed by atoms with Crippen molar-refractivity contribution in [2.45, 2.75) is 99.5 Å². The predicted octanol–water partition coefficient (Wildman–Crippen LogP) is 7.69. The van der Waals surface area contributed by atoms with Crippen LogP contribution in [0.2, 0.25) is 0 Å². The topological polar surface area (TPSA) is 141 Å². The number of phenols is 2. The van der Waals surface area contributed by atoms with Gasteiger partial charge in [-0.05, 0) is 86.3 Å². The summed E-state index contributed by atoms with van der Waals surface area (Å²) in [6, 6.07) is 0. The first kappa shape index (κ1) is 33.4. The molecule has 0 radical (unpaired) electrons. The summed E-state index contributed by atoms with van der Waals surface area (Å²) in [7, 11) is 0. The molecule has 0 saturated heterocycles. The number of fused-ring (bicyclic) bond motifs is 1. The van der Waals surface area contributed by atoms with Gasteiger partial charge in [0.15, 0.2) is 17.3 Å². The number of hydrogen-bond donors (Lipinski definition) is 4. The number of aliphatic hydroxyl groups excluding tert-OH is 2. The Kier molecular flexibility index (Phi) is 9.84. The first-order chi connectivity index (χ1) is 20.0. The van der Waals surface area contributed by atoms with E-state index in [1.165, 1.54) is 12.5 Å². The summed E-state index contributed by atoms with van der Waals surface area (Å²) in [4.78, 5) is 39.4. The molecule has 232 valence electrons. The summed E-state index contributed by atoms with van der Waals surface area (Å²) in [6.07, 6.45) is 9.00. The largest absolute Gasteiger partial charge is 0.511 e. The Hall–Kier alpha value is -4.07. The van der Waals surface area contributed by atoms with E-state index < -0.39 is 63.4 Å². The lowest BCUT2D eigenvalue weighted by molar-refractivity contribution is -0.127. The van der Waals surface area contributed by atoms with Crippen LogP contribution in [0, 0.1) is 5.41 Å². The van der Waals surface area contributed by atoms with Gasteiger partial charge in [-0.15, -0.1) is 0 Å². The Bertz CT molecular complexity index is 1510. The summed E-state index contributed by atoms with van der Waals surface area (Å²) < 4.78 is 6.01. The Morgan fingerprint density at radius 1 is 0.953 bits per heavy atom. The fourth-order valence-electron chi connectivity index (χ4n) is 5.41. The summed E-state index contributed by atoms with van der Waals surface area (Å²) >= 11 is 0. The normalized spacial score (nSPS) is 19.7. The molecule has 43 heavy (non-hydrogen) atoms. The SMILES string of the molecule is CCCC(=O)c1c(O)c(CC2=C(O)C(C)(C/C=C(\C)CCC=C(C)C)C(=O)C(C(C)=O)=C2O)c(O)c2c1OC(C)(C)C=C2. The van der Waals surface area contributed by atoms with Crippen LogP contribution in [0.1, 0.15) is 109 Å². The Morgan fingerprint density at radius 3 is 2.19 bits per heavy atom. The van der Waals surface area contributed by atoms with Crippen molar-refractivity contribution in [1.82, 2.24) is 0 Å². The van der Waals surface area contributed by atoms with Crippen molar-refractivity contribution in [1.29, 1.82) is 0 Å². The molecular weight excluding hydrogens is 548 g/mol. The van der Waals surface area contributed by atoms with Crippen LogP contribution in [0.25, 0.3) is 6.08 Å². The lowest BCUT2D eigenvalue weighted by Crippen LogP contribution is -2.38. The number of aromatic hydroxyl groups is 2. The second kappa shape index (κ2) is 12.7. The number of Topliss-reactive ketones (excluding diaryl/α,β-unsaturated/α-hetero) is 3. The lowest BCUT2D eigenvalue weighted by Gasteiger charge is -2.34. The van der Waals surface area contributed by atoms with Crippen LogP contribution in [-0.2, 0) is 16.0 Å². The van der Waals surface area contributed by atoms with Crippen LogP contribution in [-0.4, -0.2) is 43.4 Å². The number of rotatable bonds is 11. The van der Waals surface area contributed by atoms with E-state index in [0.29, 0.717) is 6.42 Å². The van der Waals surface area contributed by atoms with Gasteiger partial charge in [-0.25, -0.2) is 0 Å². The molecule has 1 unspecified atom stereocenters. The van der Waals surface area contributed by atoms with Crippen molar-refractivity contribution in [2.24, 2.45) is 5.41 Å². The average Bonchev–Trinajstić information content (AvgIpc) is 2.90. The number of phenolic OH excluding ortho intramolecular Hbond substituents is 2. The van der Waals surface area contributed by atoms with E-state index in [0.717, 1.165) is 25.3 Å². The van der Waals surface area contributed by atoms with Crippen LogP contribution in [0.3, 0.4) is 0 Å². The first-order valence-corrected chi connectivity index (χ1v) is 14.7. The maximum absolute atomic E-state index is 13.6. The van der Waals surface area contributed by atoms with Gasteiger partial charge in [0.2, 0.25) is 0 Å². The van der Waals surface area contributed by atoms with Crippen LogP contribution < -0.4 is 4.74 Å². The van der Waals surface area contributed by atoms with Gasteiger partial charge in [0.1, 0.15) is 45.5 Å². The fourth-order valence-corrected chi connectivity index (χ4v) is 5.41. The van der Waals surface area contributed by atoms with Gasteiger partial charge in [0, 0.05) is 24.0 Å². The van der Waals surface area contributed by atoms with Crippen molar-refractivity contribution in [3.63, 3.8) is 0 Å². The number of ketones is 3. The standard InChI is InChI=1S/C35H44O8/c1-9-11-25(37)27-29(39)23(28(38)22-15-16-34(6,7)43-31(22)27)18-24-30(40)26(21(5)36)33(42)35(8,32(24)41)17-14-20(4)13-10-12-19(2)3/h12,14-16,38-41H,9-11,13,17-18H2,1-8H3/b20-14+. The van der Waals surface area contributed by atoms with Crippen molar-refractivity contribution >= 4 is 23.4 Å². The van der Waals surface area contributed by atoms with Crippen LogP contribution >= 0.6 is 0 Å². The average molecular weight is 593 g/mol. The van der Waals surface area contributed by atoms with Crippen molar-refractivity contribution in [3.8, 4) is 17.2 Å². The number of hydrogen-bond acceptors (Lipinski definition) is 8. The van der Waals surface area contributed by atoms with Gasteiger partial charge in [0.05, 0.1) is 11.0 Å². The lowest BCUT2D eigenvalue weighted by atomic mass is 9.70. The number of ether oxygens (including phenoxy) is 1. The highest BCUT2D eigenvalue weighted by molar-refractivity contribution is 6.23. The maximum Gasteiger partial charge on any atom is 0.183 e. The highest BCUT2D eigenvalue weighted by atomic mass is 16.5. The molecular formula is C35H44O8. The Balaban J connectivity index is 2.21. The fraction of sp³-hybridized carbons (Fsp3) is 0.457. The minimum atomic E-state index is -1.59. The molecule has 4 N–H and O–H groups in total. The third-order valence-corrected chi connectivity index (χ3v) is 8.02. The molecule has 0 spiro atoms. The molecule has 1 aromatic rings. The summed E-state index contributed by atoms with van der Waals surface area (Å²) in [5.41, 5.74) is -0.955. The Labute approximate surface area is 253 Å². The first-order valence-electron chi connectivity index (χ1n) is 14.7. The van der Waals surface area contributed by atoms with E-state index in [-0.39, 0.29) is 40.9 Å². The molecule has 0 aromatic heterocycles. The van der Waals surface area contributed by atoms with Gasteiger partial charge >= 0.3 is 0 Å². The molecule has 0 bridgehead atoms. The van der Waals surface area contributed by atoms with E-state index in [4.69, 9.17) is 4.74 Å². The van der Waals surface area contributed by atoms with E-state index >= 15 is 0 Å². The molecule has 1 aromatic carbocycles. The second-order valence-corrected chi connectivity index (χ2v) is 12.5. The molecule has 0 saturated carbocycles. The van der Waals surface area contributed by atoms with Gasteiger partial charge in [-0.2, -0.15) is 0 Å². The molecule has 1 atom stereocenters. The highest BCUT2D eigenvalue weighted by Crippen LogP contribution is 2.50. The van der Waals surface area contributed by atoms with E-state index in [2.05, 4.69) is 6.08 Å². The van der Waals surface area contributed by atoms with Crippen LogP contribution in [0.4, 0.5) is 0 Å². The van der Waals surface area contributed by atoms with Crippen molar-refractivity contribution in [2.75, 3.05) is 0 Å². The molecule has 1 aliphatic heterocycles. The zero-order chi connectivity index (χ0) is 32.4. The maximum atomic E-state index is 13.6.